The molecule has 0 aromatic heterocycles. The van der Waals surface area contributed by atoms with Gasteiger partial charge >= 0.3 is 40.0 Å². The van der Waals surface area contributed by atoms with Crippen LogP contribution in [0.3, 0.4) is 0 Å². The van der Waals surface area contributed by atoms with Gasteiger partial charge in [-0.05, 0) is 19.8 Å². The molecule has 26 heavy (non-hydrogen) atoms. The van der Waals surface area contributed by atoms with Crippen LogP contribution in [0.2, 0.25) is 0 Å². The minimum atomic E-state index is -3.83. The van der Waals surface area contributed by atoms with E-state index in [2.05, 4.69) is 13.8 Å². The summed E-state index contributed by atoms with van der Waals surface area (Å²) in [6.45, 7) is 6.43. The molecule has 0 fully saturated rings. The van der Waals surface area contributed by atoms with E-state index in [1.165, 1.54) is 57.8 Å². The van der Waals surface area contributed by atoms with Gasteiger partial charge < -0.3 is 1.43 Å². The summed E-state index contributed by atoms with van der Waals surface area (Å²) in [5.74, 6) is 0. The molecule has 0 aliphatic heterocycles. The van der Waals surface area contributed by atoms with Gasteiger partial charge in [0, 0.05) is 0 Å². The molecule has 0 aliphatic rings. The molecule has 0 aromatic rings. The van der Waals surface area contributed by atoms with Gasteiger partial charge in [0.05, 0.1) is 12.7 Å². The fourth-order valence-electron chi connectivity index (χ4n) is 2.89. The zero-order valence-corrected chi connectivity index (χ0v) is 20.7. The quantitative estimate of drug-likeness (QED) is 0.244. The van der Waals surface area contributed by atoms with Crippen LogP contribution in [0.4, 0.5) is 0 Å². The van der Waals surface area contributed by atoms with E-state index >= 15 is 0 Å². The SMILES string of the molecule is CCCCCCCCCCCCOS(=O)(=O)OC(C)CCCCCC.[H-].[Na+]. The first-order valence-corrected chi connectivity index (χ1v) is 11.9. The van der Waals surface area contributed by atoms with Gasteiger partial charge in [-0.1, -0.05) is 97.3 Å². The van der Waals surface area contributed by atoms with E-state index in [1.807, 2.05) is 0 Å². The van der Waals surface area contributed by atoms with Crippen molar-refractivity contribution in [2.45, 2.75) is 123 Å². The van der Waals surface area contributed by atoms with Gasteiger partial charge in [0.25, 0.3) is 0 Å². The molecule has 0 N–H and O–H groups in total. The number of rotatable bonds is 19. The fraction of sp³-hybridized carbons (Fsp3) is 1.00. The first-order valence-electron chi connectivity index (χ1n) is 10.6. The Kier molecular flexibility index (Phi) is 23.0. The van der Waals surface area contributed by atoms with Crippen LogP contribution in [-0.2, 0) is 18.8 Å². The second-order valence-electron chi connectivity index (χ2n) is 7.17. The third-order valence-corrected chi connectivity index (χ3v) is 5.49. The van der Waals surface area contributed by atoms with Crippen LogP contribution in [0.25, 0.3) is 0 Å². The van der Waals surface area contributed by atoms with Gasteiger partial charge in [0.2, 0.25) is 0 Å². The van der Waals surface area contributed by atoms with Crippen LogP contribution < -0.4 is 29.6 Å². The van der Waals surface area contributed by atoms with Crippen molar-refractivity contribution in [1.82, 2.24) is 0 Å². The maximum absolute atomic E-state index is 11.7. The molecular weight excluding hydrogens is 359 g/mol. The molecule has 0 aliphatic carbocycles. The maximum Gasteiger partial charge on any atom is 1.00 e. The Bertz CT molecular complexity index is 380. The van der Waals surface area contributed by atoms with E-state index < -0.39 is 10.4 Å². The molecule has 0 heterocycles. The smallest absolute Gasteiger partial charge is 1.00 e. The Hall–Kier alpha value is 0.870. The van der Waals surface area contributed by atoms with Crippen LogP contribution >= 0.6 is 0 Å². The Morgan fingerprint density at radius 1 is 0.731 bits per heavy atom. The Morgan fingerprint density at radius 2 is 1.15 bits per heavy atom. The van der Waals surface area contributed by atoms with E-state index in [1.54, 1.807) is 6.92 Å². The summed E-state index contributed by atoms with van der Waals surface area (Å²) in [7, 11) is -3.83. The Morgan fingerprint density at radius 3 is 1.65 bits per heavy atom. The first-order chi connectivity index (χ1) is 12.0. The number of unbranched alkanes of at least 4 members (excludes halogenated alkanes) is 12. The van der Waals surface area contributed by atoms with Crippen molar-refractivity contribution in [3.8, 4) is 0 Å². The molecule has 1 unspecified atom stereocenters. The van der Waals surface area contributed by atoms with Crippen molar-refractivity contribution in [3.63, 3.8) is 0 Å². The van der Waals surface area contributed by atoms with Crippen LogP contribution in [0.1, 0.15) is 119 Å². The Balaban J connectivity index is -0.00000288. The van der Waals surface area contributed by atoms with Crippen LogP contribution in [0.15, 0.2) is 0 Å². The minimum Gasteiger partial charge on any atom is -1.00 e. The average molecular weight is 403 g/mol. The van der Waals surface area contributed by atoms with Crippen LogP contribution in [0, 0.1) is 0 Å². The fourth-order valence-corrected chi connectivity index (χ4v) is 3.76. The monoisotopic (exact) mass is 402 g/mol. The zero-order valence-electron chi connectivity index (χ0n) is 18.9. The molecule has 1 atom stereocenters. The van der Waals surface area contributed by atoms with Gasteiger partial charge in [0.15, 0.2) is 0 Å². The van der Waals surface area contributed by atoms with E-state index in [0.717, 1.165) is 38.5 Å². The van der Waals surface area contributed by atoms with E-state index in [-0.39, 0.29) is 43.7 Å². The standard InChI is InChI=1S/C20H42O4S.Na.H/c1-4-6-8-10-11-12-13-14-15-17-19-23-25(21,22)24-20(3)18-16-9-7-5-2;;/h20H,4-19H2,1-3H3;;/q;+1;-1. The summed E-state index contributed by atoms with van der Waals surface area (Å²) in [5.41, 5.74) is 0. The third kappa shape index (κ3) is 21.2. The van der Waals surface area contributed by atoms with Crippen molar-refractivity contribution < 1.29 is 47.8 Å². The first kappa shape index (κ1) is 29.1. The van der Waals surface area contributed by atoms with Crippen molar-refractivity contribution in [3.05, 3.63) is 0 Å². The zero-order chi connectivity index (χ0) is 18.8. The van der Waals surface area contributed by atoms with Crippen molar-refractivity contribution in [1.29, 1.82) is 0 Å². The largest absolute Gasteiger partial charge is 1.00 e. The molecule has 154 valence electrons. The number of hydrogen-bond donors (Lipinski definition) is 0. The maximum atomic E-state index is 11.7. The predicted molar refractivity (Wildman–Crippen MR) is 107 cm³/mol. The second-order valence-corrected chi connectivity index (χ2v) is 8.41. The van der Waals surface area contributed by atoms with Gasteiger partial charge in [0.1, 0.15) is 0 Å². The van der Waals surface area contributed by atoms with Gasteiger partial charge in [-0.25, -0.2) is 8.37 Å². The van der Waals surface area contributed by atoms with Crippen LogP contribution in [0.5, 0.6) is 0 Å². The summed E-state index contributed by atoms with van der Waals surface area (Å²) >= 11 is 0. The molecular formula is C20H43NaO4S. The third-order valence-electron chi connectivity index (χ3n) is 4.47. The van der Waals surface area contributed by atoms with E-state index in [9.17, 15) is 8.42 Å². The number of hydrogen-bond acceptors (Lipinski definition) is 4. The molecule has 0 bridgehead atoms. The molecule has 0 saturated carbocycles. The van der Waals surface area contributed by atoms with Crippen LogP contribution in [-0.4, -0.2) is 21.1 Å². The molecule has 0 radical (unpaired) electrons. The molecule has 0 saturated heterocycles. The molecule has 6 heteroatoms. The molecule has 0 spiro atoms. The van der Waals surface area contributed by atoms with Gasteiger partial charge in [-0.2, -0.15) is 8.42 Å². The van der Waals surface area contributed by atoms with Crippen molar-refractivity contribution in [2.24, 2.45) is 0 Å². The molecule has 0 aromatic carbocycles. The molecule has 0 rings (SSSR count). The minimum absolute atomic E-state index is 0. The summed E-state index contributed by atoms with van der Waals surface area (Å²) in [5, 5.41) is 0. The Labute approximate surface area is 187 Å². The van der Waals surface area contributed by atoms with E-state index in [0.29, 0.717) is 0 Å². The normalized spacial score (nSPS) is 12.7. The topological polar surface area (TPSA) is 52.6 Å². The predicted octanol–water partition coefficient (Wildman–Crippen LogP) is 3.66. The summed E-state index contributed by atoms with van der Waals surface area (Å²) in [4.78, 5) is 0. The summed E-state index contributed by atoms with van der Waals surface area (Å²) in [6, 6.07) is 0. The molecule has 4 nitrogen and oxygen atoms in total. The second kappa shape index (κ2) is 20.6. The summed E-state index contributed by atoms with van der Waals surface area (Å²) in [6.07, 6.45) is 17.2. The van der Waals surface area contributed by atoms with Gasteiger partial charge in [-0.3, -0.25) is 0 Å². The summed E-state index contributed by atoms with van der Waals surface area (Å²) < 4.78 is 33.5. The van der Waals surface area contributed by atoms with Crippen molar-refractivity contribution >= 4 is 10.4 Å². The molecule has 0 amide bonds. The van der Waals surface area contributed by atoms with Crippen molar-refractivity contribution in [2.75, 3.05) is 6.61 Å². The van der Waals surface area contributed by atoms with Gasteiger partial charge in [-0.15, -0.1) is 0 Å². The average Bonchev–Trinajstić information content (AvgIpc) is 2.56. The van der Waals surface area contributed by atoms with E-state index in [4.69, 9.17) is 8.37 Å².